The van der Waals surface area contributed by atoms with Gasteiger partial charge in [0.15, 0.2) is 5.78 Å². The van der Waals surface area contributed by atoms with E-state index in [1.54, 1.807) is 6.07 Å². The summed E-state index contributed by atoms with van der Waals surface area (Å²) in [5.41, 5.74) is 0.324. The molecule has 1 aliphatic carbocycles. The highest BCUT2D eigenvalue weighted by atomic mass is 79.9. The summed E-state index contributed by atoms with van der Waals surface area (Å²) >= 11 is 8.21. The molecule has 3 nitrogen and oxygen atoms in total. The van der Waals surface area contributed by atoms with Crippen molar-refractivity contribution in [2.45, 2.75) is 38.5 Å². The number of carboxylic acid groups (broad SMARTS) is 1. The highest BCUT2D eigenvalue weighted by Gasteiger charge is 2.38. The number of ketones is 1. The largest absolute Gasteiger partial charge is 0.481 e. The van der Waals surface area contributed by atoms with Gasteiger partial charge in [0.1, 0.15) is 0 Å². The summed E-state index contributed by atoms with van der Waals surface area (Å²) in [6.45, 7) is 0. The lowest BCUT2D eigenvalue weighted by molar-refractivity contribution is -0.139. The Kier molecular flexibility index (Phi) is 4.84. The molecule has 1 saturated carbocycles. The predicted molar refractivity (Wildman–Crippen MR) is 81.8 cm³/mol. The van der Waals surface area contributed by atoms with Gasteiger partial charge in [-0.2, -0.15) is 0 Å². The fraction of sp³-hybridized carbons (Fsp3) is 0.538. The molecule has 1 aromatic heterocycles. The molecule has 0 aliphatic heterocycles. The molecular formula is C13H14Br2O3S. The van der Waals surface area contributed by atoms with Crippen LogP contribution in [0, 0.1) is 5.41 Å². The van der Waals surface area contributed by atoms with Gasteiger partial charge in [-0.15, -0.1) is 11.3 Å². The number of carbonyl (C=O) groups is 2. The third kappa shape index (κ3) is 3.67. The number of rotatable bonds is 5. The Labute approximate surface area is 132 Å². The van der Waals surface area contributed by atoms with Gasteiger partial charge < -0.3 is 5.11 Å². The van der Waals surface area contributed by atoms with E-state index in [0.717, 1.165) is 33.3 Å². The summed E-state index contributed by atoms with van der Waals surface area (Å²) in [5.74, 6) is -0.766. The van der Waals surface area contributed by atoms with Crippen LogP contribution in [0.25, 0.3) is 0 Å². The minimum atomic E-state index is -0.805. The van der Waals surface area contributed by atoms with Crippen molar-refractivity contribution in [1.82, 2.24) is 0 Å². The second-order valence-electron chi connectivity index (χ2n) is 5.12. The first-order valence-electron chi connectivity index (χ1n) is 6.12. The van der Waals surface area contributed by atoms with Crippen LogP contribution in [0.5, 0.6) is 0 Å². The SMILES string of the molecule is O=C(O)CC1(CC(=O)c2cc(Br)sc2Br)CCCC1. The summed E-state index contributed by atoms with van der Waals surface area (Å²) in [6.07, 6.45) is 4.16. The zero-order chi connectivity index (χ0) is 14.0. The van der Waals surface area contributed by atoms with Crippen LogP contribution < -0.4 is 0 Å². The zero-order valence-corrected chi connectivity index (χ0v) is 14.2. The number of aliphatic carboxylic acids is 1. The summed E-state index contributed by atoms with van der Waals surface area (Å²) < 4.78 is 1.72. The van der Waals surface area contributed by atoms with Crippen LogP contribution in [-0.4, -0.2) is 16.9 Å². The number of hydrogen-bond acceptors (Lipinski definition) is 3. The summed E-state index contributed by atoms with van der Waals surface area (Å²) in [4.78, 5) is 23.4. The quantitative estimate of drug-likeness (QED) is 0.705. The predicted octanol–water partition coefficient (Wildman–Crippen LogP) is 4.88. The van der Waals surface area contributed by atoms with Crippen molar-refractivity contribution in [3.63, 3.8) is 0 Å². The number of halogens is 2. The van der Waals surface area contributed by atoms with E-state index in [1.165, 1.54) is 11.3 Å². The summed E-state index contributed by atoms with van der Waals surface area (Å²) in [5, 5.41) is 9.06. The number of hydrogen-bond donors (Lipinski definition) is 1. The van der Waals surface area contributed by atoms with E-state index in [9.17, 15) is 9.59 Å². The number of carbonyl (C=O) groups excluding carboxylic acids is 1. The van der Waals surface area contributed by atoms with Gasteiger partial charge >= 0.3 is 5.97 Å². The minimum absolute atomic E-state index is 0.0389. The van der Waals surface area contributed by atoms with Crippen LogP contribution in [0.15, 0.2) is 13.6 Å². The molecule has 0 unspecified atom stereocenters. The Morgan fingerprint density at radius 2 is 1.89 bits per heavy atom. The second kappa shape index (κ2) is 6.06. The van der Waals surface area contributed by atoms with Crippen molar-refractivity contribution < 1.29 is 14.7 Å². The van der Waals surface area contributed by atoms with Crippen molar-refractivity contribution >= 4 is 54.9 Å². The lowest BCUT2D eigenvalue weighted by Crippen LogP contribution is -2.24. The first-order valence-corrected chi connectivity index (χ1v) is 8.52. The Hall–Kier alpha value is -0.200. The van der Waals surface area contributed by atoms with Crippen LogP contribution in [0.3, 0.4) is 0 Å². The molecule has 1 heterocycles. The van der Waals surface area contributed by atoms with Gasteiger partial charge in [-0.3, -0.25) is 9.59 Å². The van der Waals surface area contributed by atoms with Crippen molar-refractivity contribution in [2.24, 2.45) is 5.41 Å². The normalized spacial score (nSPS) is 17.6. The van der Waals surface area contributed by atoms with Gasteiger partial charge in [0.25, 0.3) is 0 Å². The van der Waals surface area contributed by atoms with Crippen molar-refractivity contribution in [2.75, 3.05) is 0 Å². The zero-order valence-electron chi connectivity index (χ0n) is 10.2. The average molecular weight is 410 g/mol. The highest BCUT2D eigenvalue weighted by molar-refractivity contribution is 9.12. The van der Waals surface area contributed by atoms with Crippen LogP contribution >= 0.6 is 43.2 Å². The Morgan fingerprint density at radius 1 is 1.26 bits per heavy atom. The molecule has 2 rings (SSSR count). The van der Waals surface area contributed by atoms with Gasteiger partial charge in [-0.05, 0) is 56.2 Å². The van der Waals surface area contributed by atoms with Gasteiger partial charge in [0.2, 0.25) is 0 Å². The van der Waals surface area contributed by atoms with Crippen LogP contribution in [0.4, 0.5) is 0 Å². The monoisotopic (exact) mass is 408 g/mol. The number of Topliss-reactive ketones (excluding diaryl/α,β-unsaturated/α-hetero) is 1. The third-order valence-electron chi connectivity index (χ3n) is 3.68. The molecule has 0 bridgehead atoms. The molecule has 19 heavy (non-hydrogen) atoms. The molecule has 0 spiro atoms. The molecule has 1 N–H and O–H groups in total. The summed E-state index contributed by atoms with van der Waals surface area (Å²) in [7, 11) is 0. The van der Waals surface area contributed by atoms with E-state index in [0.29, 0.717) is 12.0 Å². The van der Waals surface area contributed by atoms with Gasteiger partial charge in [0, 0.05) is 12.0 Å². The number of carboxylic acids is 1. The molecule has 0 amide bonds. The van der Waals surface area contributed by atoms with Crippen LogP contribution in [0.2, 0.25) is 0 Å². The Morgan fingerprint density at radius 3 is 2.37 bits per heavy atom. The second-order valence-corrected chi connectivity index (χ2v) is 8.86. The van der Waals surface area contributed by atoms with E-state index in [1.807, 2.05) is 0 Å². The van der Waals surface area contributed by atoms with E-state index >= 15 is 0 Å². The third-order valence-corrected chi connectivity index (χ3v) is 6.02. The summed E-state index contributed by atoms with van der Waals surface area (Å²) in [6, 6.07) is 1.81. The fourth-order valence-corrected chi connectivity index (χ4v) is 5.68. The molecule has 1 aliphatic rings. The Balaban J connectivity index is 2.15. The van der Waals surface area contributed by atoms with Crippen molar-refractivity contribution in [1.29, 1.82) is 0 Å². The molecule has 0 saturated heterocycles. The molecule has 104 valence electrons. The maximum absolute atomic E-state index is 12.4. The lowest BCUT2D eigenvalue weighted by atomic mass is 9.77. The highest BCUT2D eigenvalue weighted by Crippen LogP contribution is 2.45. The van der Waals surface area contributed by atoms with Gasteiger partial charge in [-0.25, -0.2) is 0 Å². The first kappa shape index (κ1) is 15.2. The van der Waals surface area contributed by atoms with Crippen molar-refractivity contribution in [3.8, 4) is 0 Å². The average Bonchev–Trinajstić information content (AvgIpc) is 2.85. The standard InChI is InChI=1S/C13H14Br2O3S/c14-10-5-8(12(15)19-10)9(16)6-13(7-11(17)18)3-1-2-4-13/h5H,1-4,6-7H2,(H,17,18). The van der Waals surface area contributed by atoms with Crippen molar-refractivity contribution in [3.05, 3.63) is 19.2 Å². The fourth-order valence-electron chi connectivity index (χ4n) is 2.83. The topological polar surface area (TPSA) is 54.4 Å². The maximum atomic E-state index is 12.4. The van der Waals surface area contributed by atoms with E-state index in [4.69, 9.17) is 5.11 Å². The van der Waals surface area contributed by atoms with E-state index in [2.05, 4.69) is 31.9 Å². The maximum Gasteiger partial charge on any atom is 0.303 e. The minimum Gasteiger partial charge on any atom is -0.481 e. The van der Waals surface area contributed by atoms with Gasteiger partial charge in [-0.1, -0.05) is 12.8 Å². The lowest BCUT2D eigenvalue weighted by Gasteiger charge is -2.26. The molecule has 0 aromatic carbocycles. The molecule has 0 radical (unpaired) electrons. The van der Waals surface area contributed by atoms with Gasteiger partial charge in [0.05, 0.1) is 14.0 Å². The number of thiophene rings is 1. The molecule has 6 heteroatoms. The van der Waals surface area contributed by atoms with E-state index < -0.39 is 5.97 Å². The molecular weight excluding hydrogens is 396 g/mol. The molecule has 1 fully saturated rings. The molecule has 1 aromatic rings. The smallest absolute Gasteiger partial charge is 0.303 e. The molecule has 0 atom stereocenters. The van der Waals surface area contributed by atoms with E-state index in [-0.39, 0.29) is 17.6 Å². The van der Waals surface area contributed by atoms with Crippen LogP contribution in [-0.2, 0) is 4.79 Å². The van der Waals surface area contributed by atoms with Crippen LogP contribution in [0.1, 0.15) is 48.9 Å². The first-order chi connectivity index (χ1) is 8.92. The Bertz CT molecular complexity index is 504.